The van der Waals surface area contributed by atoms with Crippen LogP contribution in [0, 0.1) is 0 Å². The number of allylic oxidation sites excluding steroid dienone is 1. The van der Waals surface area contributed by atoms with E-state index in [9.17, 15) is 4.79 Å². The fourth-order valence-electron chi connectivity index (χ4n) is 4.07. The van der Waals surface area contributed by atoms with Gasteiger partial charge in [-0.15, -0.1) is 0 Å². The first-order chi connectivity index (χ1) is 15.6. The summed E-state index contributed by atoms with van der Waals surface area (Å²) in [4.78, 5) is 21.3. The molecule has 3 aromatic rings. The minimum atomic E-state index is -0.191. The van der Waals surface area contributed by atoms with Crippen LogP contribution in [-0.2, 0) is 17.9 Å². The van der Waals surface area contributed by atoms with Gasteiger partial charge in [0.25, 0.3) is 5.91 Å². The van der Waals surface area contributed by atoms with Gasteiger partial charge in [0, 0.05) is 42.2 Å². The van der Waals surface area contributed by atoms with Gasteiger partial charge in [-0.3, -0.25) is 14.5 Å². The SMILES string of the molecule is CC(C)c1ccc(COC2=CC(c3c(-c4ccncc4)nn4c3C(=O)NCC4)C=N2)cc1. The van der Waals surface area contributed by atoms with Gasteiger partial charge in [-0.2, -0.15) is 5.10 Å². The third-order valence-electron chi connectivity index (χ3n) is 5.82. The van der Waals surface area contributed by atoms with E-state index in [-0.39, 0.29) is 11.8 Å². The van der Waals surface area contributed by atoms with E-state index in [4.69, 9.17) is 9.84 Å². The van der Waals surface area contributed by atoms with Crippen molar-refractivity contribution in [3.05, 3.63) is 83.1 Å². The van der Waals surface area contributed by atoms with Gasteiger partial charge in [0.15, 0.2) is 0 Å². The number of nitrogens with zero attached hydrogens (tertiary/aromatic N) is 4. The Bertz CT molecular complexity index is 1190. The lowest BCUT2D eigenvalue weighted by atomic mass is 9.94. The van der Waals surface area contributed by atoms with Gasteiger partial charge >= 0.3 is 0 Å². The van der Waals surface area contributed by atoms with Crippen molar-refractivity contribution in [2.75, 3.05) is 6.54 Å². The van der Waals surface area contributed by atoms with Crippen molar-refractivity contribution in [1.82, 2.24) is 20.1 Å². The molecule has 4 heterocycles. The van der Waals surface area contributed by atoms with E-state index in [1.807, 2.05) is 24.4 Å². The molecule has 0 spiro atoms. The standard InChI is InChI=1S/C25H25N5O2/c1-16(2)18-5-3-17(4-6-18)15-32-21-13-20(14-28-21)22-23(19-7-9-26-10-8-19)29-30-12-11-27-25(31)24(22)30/h3-10,13-14,16,20H,11-12,15H2,1-2H3,(H,27,31). The molecule has 7 nitrogen and oxygen atoms in total. The molecular weight excluding hydrogens is 402 g/mol. The molecule has 0 aliphatic carbocycles. The lowest BCUT2D eigenvalue weighted by Gasteiger charge is -2.16. The first-order valence-corrected chi connectivity index (χ1v) is 10.9. The van der Waals surface area contributed by atoms with Crippen molar-refractivity contribution in [3.63, 3.8) is 0 Å². The average Bonchev–Trinajstić information content (AvgIpc) is 3.44. The largest absolute Gasteiger partial charge is 0.473 e. The number of carbonyl (C=O) groups is 1. The van der Waals surface area contributed by atoms with E-state index < -0.39 is 0 Å². The number of rotatable bonds is 6. The Morgan fingerprint density at radius 3 is 2.69 bits per heavy atom. The molecule has 1 N–H and O–H groups in total. The van der Waals surface area contributed by atoms with E-state index in [0.717, 1.165) is 22.4 Å². The van der Waals surface area contributed by atoms with E-state index in [1.54, 1.807) is 17.1 Å². The summed E-state index contributed by atoms with van der Waals surface area (Å²) in [6.45, 7) is 6.01. The molecule has 1 amide bonds. The number of hydrogen-bond donors (Lipinski definition) is 1. The fourth-order valence-corrected chi connectivity index (χ4v) is 4.07. The van der Waals surface area contributed by atoms with Crippen molar-refractivity contribution >= 4 is 12.1 Å². The van der Waals surface area contributed by atoms with Gasteiger partial charge in [0.1, 0.15) is 12.3 Å². The molecule has 7 heteroatoms. The molecule has 1 aromatic carbocycles. The van der Waals surface area contributed by atoms with Crippen molar-refractivity contribution < 1.29 is 9.53 Å². The van der Waals surface area contributed by atoms with E-state index in [2.05, 4.69) is 53.4 Å². The second-order valence-corrected chi connectivity index (χ2v) is 8.32. The zero-order valence-corrected chi connectivity index (χ0v) is 18.2. The third-order valence-corrected chi connectivity index (χ3v) is 5.82. The Labute approximate surface area is 186 Å². The molecule has 2 aromatic heterocycles. The highest BCUT2D eigenvalue weighted by Gasteiger charge is 2.32. The normalized spacial score (nSPS) is 17.3. The van der Waals surface area contributed by atoms with Gasteiger partial charge in [-0.05, 0) is 35.3 Å². The van der Waals surface area contributed by atoms with Crippen LogP contribution in [0.2, 0.25) is 0 Å². The highest BCUT2D eigenvalue weighted by molar-refractivity contribution is 5.98. The Balaban J connectivity index is 1.41. The number of fused-ring (bicyclic) bond motifs is 1. The molecule has 1 unspecified atom stereocenters. The first-order valence-electron chi connectivity index (χ1n) is 10.9. The summed E-state index contributed by atoms with van der Waals surface area (Å²) in [6.07, 6.45) is 7.24. The summed E-state index contributed by atoms with van der Waals surface area (Å²) >= 11 is 0. The van der Waals surface area contributed by atoms with Gasteiger partial charge < -0.3 is 10.1 Å². The number of benzene rings is 1. The number of aromatic nitrogens is 3. The fraction of sp³-hybridized carbons (Fsp3) is 0.280. The maximum atomic E-state index is 12.7. The molecule has 32 heavy (non-hydrogen) atoms. The molecule has 1 atom stereocenters. The van der Waals surface area contributed by atoms with Gasteiger partial charge in [-0.25, -0.2) is 4.99 Å². The zero-order valence-electron chi connectivity index (χ0n) is 18.2. The summed E-state index contributed by atoms with van der Waals surface area (Å²) in [6, 6.07) is 12.3. The third kappa shape index (κ3) is 3.82. The molecule has 2 aliphatic rings. The van der Waals surface area contributed by atoms with E-state index in [1.165, 1.54) is 5.56 Å². The zero-order chi connectivity index (χ0) is 22.1. The molecule has 0 bridgehead atoms. The van der Waals surface area contributed by atoms with Crippen LogP contribution in [0.5, 0.6) is 0 Å². The summed E-state index contributed by atoms with van der Waals surface area (Å²) in [5.74, 6) is 0.756. The summed E-state index contributed by atoms with van der Waals surface area (Å²) in [7, 11) is 0. The van der Waals surface area contributed by atoms with Crippen LogP contribution in [0.1, 0.15) is 52.9 Å². The Morgan fingerprint density at radius 1 is 1.16 bits per heavy atom. The number of carbonyl (C=O) groups excluding carboxylic acids is 1. The minimum Gasteiger partial charge on any atom is -0.473 e. The number of amides is 1. The van der Waals surface area contributed by atoms with Crippen LogP contribution < -0.4 is 5.32 Å². The molecule has 0 radical (unpaired) electrons. The number of pyridine rings is 1. The highest BCUT2D eigenvalue weighted by atomic mass is 16.5. The summed E-state index contributed by atoms with van der Waals surface area (Å²) in [5, 5.41) is 7.68. The quantitative estimate of drug-likeness (QED) is 0.644. The second kappa shape index (κ2) is 8.42. The van der Waals surface area contributed by atoms with Gasteiger partial charge in [0.05, 0.1) is 12.2 Å². The number of nitrogens with one attached hydrogen (secondary N) is 1. The molecule has 0 fully saturated rings. The molecule has 0 saturated heterocycles. The topological polar surface area (TPSA) is 81.4 Å². The van der Waals surface area contributed by atoms with Crippen LogP contribution in [0.25, 0.3) is 11.3 Å². The van der Waals surface area contributed by atoms with Gasteiger partial charge in [0.2, 0.25) is 5.88 Å². The van der Waals surface area contributed by atoms with Crippen LogP contribution in [0.3, 0.4) is 0 Å². The predicted molar refractivity (Wildman–Crippen MR) is 122 cm³/mol. The van der Waals surface area contributed by atoms with E-state index in [0.29, 0.717) is 37.2 Å². The van der Waals surface area contributed by atoms with E-state index >= 15 is 0 Å². The Morgan fingerprint density at radius 2 is 1.94 bits per heavy atom. The second-order valence-electron chi connectivity index (χ2n) is 8.32. The molecule has 5 rings (SSSR count). The smallest absolute Gasteiger partial charge is 0.269 e. The summed E-state index contributed by atoms with van der Waals surface area (Å²) in [5.41, 5.74) is 5.52. The summed E-state index contributed by atoms with van der Waals surface area (Å²) < 4.78 is 7.75. The predicted octanol–water partition coefficient (Wildman–Crippen LogP) is 4.04. The van der Waals surface area contributed by atoms with Crippen LogP contribution in [-0.4, -0.2) is 33.4 Å². The average molecular weight is 428 g/mol. The number of hydrogen-bond acceptors (Lipinski definition) is 5. The first kappa shape index (κ1) is 20.2. The highest BCUT2D eigenvalue weighted by Crippen LogP contribution is 2.35. The van der Waals surface area contributed by atoms with Crippen molar-refractivity contribution in [2.24, 2.45) is 4.99 Å². The van der Waals surface area contributed by atoms with Gasteiger partial charge in [-0.1, -0.05) is 38.1 Å². The molecule has 162 valence electrons. The van der Waals surface area contributed by atoms with Crippen molar-refractivity contribution in [3.8, 4) is 11.3 Å². The van der Waals surface area contributed by atoms with Crippen molar-refractivity contribution in [1.29, 1.82) is 0 Å². The Kier molecular flexibility index (Phi) is 5.31. The minimum absolute atomic E-state index is 0.111. The Hall–Kier alpha value is -3.74. The van der Waals surface area contributed by atoms with Crippen LogP contribution in [0.4, 0.5) is 0 Å². The lowest BCUT2D eigenvalue weighted by molar-refractivity contribution is 0.0923. The lowest BCUT2D eigenvalue weighted by Crippen LogP contribution is -2.36. The number of aliphatic imine (C=N–C) groups is 1. The molecular formula is C25H25N5O2. The maximum absolute atomic E-state index is 12.7. The van der Waals surface area contributed by atoms with Crippen LogP contribution in [0.15, 0.2) is 65.7 Å². The maximum Gasteiger partial charge on any atom is 0.269 e. The van der Waals surface area contributed by atoms with Crippen molar-refractivity contribution in [2.45, 2.75) is 38.8 Å². The molecule has 2 aliphatic heterocycles. The monoisotopic (exact) mass is 427 g/mol. The molecule has 0 saturated carbocycles. The number of ether oxygens (including phenoxy) is 1. The van der Waals surface area contributed by atoms with Crippen LogP contribution >= 0.6 is 0 Å².